The summed E-state index contributed by atoms with van der Waals surface area (Å²) >= 11 is 0. The molecule has 6 amide bonds. The van der Waals surface area contributed by atoms with E-state index in [9.17, 15) is 14.4 Å². The lowest BCUT2D eigenvalue weighted by Gasteiger charge is -2.27. The van der Waals surface area contributed by atoms with Gasteiger partial charge in [0.2, 0.25) is 0 Å². The van der Waals surface area contributed by atoms with E-state index in [2.05, 4.69) is 49.0 Å². The smallest absolute Gasteiger partial charge is 0.323 e. The Morgan fingerprint density at radius 3 is 1.50 bits per heavy atom. The van der Waals surface area contributed by atoms with Crippen molar-refractivity contribution in [3.63, 3.8) is 0 Å². The second-order valence-electron chi connectivity index (χ2n) is 8.27. The molecule has 1 aliphatic heterocycles. The van der Waals surface area contributed by atoms with E-state index in [0.717, 1.165) is 25.7 Å². The van der Waals surface area contributed by atoms with Crippen molar-refractivity contribution in [2.45, 2.75) is 65.7 Å². The Morgan fingerprint density at radius 2 is 1.18 bits per heavy atom. The van der Waals surface area contributed by atoms with Crippen LogP contribution in [-0.4, -0.2) is 67.4 Å². The van der Waals surface area contributed by atoms with E-state index >= 15 is 0 Å². The van der Waals surface area contributed by atoms with Gasteiger partial charge in [-0.3, -0.25) is 0 Å². The first-order chi connectivity index (χ1) is 13.1. The van der Waals surface area contributed by atoms with Crippen LogP contribution < -0.4 is 21.3 Å². The van der Waals surface area contributed by atoms with Crippen LogP contribution in [0.4, 0.5) is 14.4 Å². The van der Waals surface area contributed by atoms with E-state index in [0.29, 0.717) is 24.9 Å². The van der Waals surface area contributed by atoms with Crippen LogP contribution in [0.25, 0.3) is 0 Å². The fraction of sp³-hybridized carbons (Fsp3) is 0.842. The van der Waals surface area contributed by atoms with Crippen molar-refractivity contribution in [1.82, 2.24) is 31.1 Å². The number of carbonyl (C=O) groups is 3. The van der Waals surface area contributed by atoms with E-state index in [4.69, 9.17) is 0 Å². The second kappa shape index (κ2) is 11.6. The van der Waals surface area contributed by atoms with Crippen molar-refractivity contribution in [3.8, 4) is 0 Å². The summed E-state index contributed by atoms with van der Waals surface area (Å²) in [5.74, 6) is 1.18. The van der Waals surface area contributed by atoms with Crippen molar-refractivity contribution >= 4 is 18.1 Å². The molecule has 1 heterocycles. The third-order valence-electron chi connectivity index (χ3n) is 4.78. The largest absolute Gasteiger partial charge is 0.338 e. The minimum absolute atomic E-state index is 0.268. The number of amides is 6. The Morgan fingerprint density at radius 1 is 0.821 bits per heavy atom. The summed E-state index contributed by atoms with van der Waals surface area (Å²) in [5, 5.41) is 11.2. The lowest BCUT2D eigenvalue weighted by atomic mass is 10.1. The molecule has 0 aromatic carbocycles. The molecule has 0 saturated carbocycles. The van der Waals surface area contributed by atoms with E-state index < -0.39 is 12.3 Å². The Kier molecular flexibility index (Phi) is 9.89. The maximum Gasteiger partial charge on any atom is 0.323 e. The summed E-state index contributed by atoms with van der Waals surface area (Å²) < 4.78 is 0. The molecule has 0 bridgehead atoms. The van der Waals surface area contributed by atoms with Gasteiger partial charge in [0.05, 0.1) is 0 Å². The van der Waals surface area contributed by atoms with Crippen LogP contribution >= 0.6 is 0 Å². The average Bonchev–Trinajstić information content (AvgIpc) is 2.80. The van der Waals surface area contributed by atoms with Gasteiger partial charge in [0, 0.05) is 27.2 Å². The molecule has 162 valence electrons. The van der Waals surface area contributed by atoms with Gasteiger partial charge in [0.15, 0.2) is 0 Å². The Balaban J connectivity index is 2.53. The number of nitrogens with zero attached hydrogens (tertiary/aromatic N) is 2. The summed E-state index contributed by atoms with van der Waals surface area (Å²) in [7, 11) is 3.20. The molecule has 0 aliphatic carbocycles. The molecule has 1 fully saturated rings. The van der Waals surface area contributed by atoms with Crippen LogP contribution in [0.2, 0.25) is 0 Å². The van der Waals surface area contributed by atoms with E-state index in [1.54, 1.807) is 14.1 Å². The first-order valence-corrected chi connectivity index (χ1v) is 10.2. The zero-order chi connectivity index (χ0) is 21.3. The van der Waals surface area contributed by atoms with Crippen molar-refractivity contribution < 1.29 is 14.4 Å². The first kappa shape index (κ1) is 23.8. The molecule has 28 heavy (non-hydrogen) atoms. The molecule has 0 unspecified atom stereocenters. The molecule has 9 nitrogen and oxygen atoms in total. The third kappa shape index (κ3) is 7.82. The van der Waals surface area contributed by atoms with Gasteiger partial charge in [-0.2, -0.15) is 0 Å². The van der Waals surface area contributed by atoms with Crippen LogP contribution in [0.3, 0.4) is 0 Å². The van der Waals surface area contributed by atoms with Gasteiger partial charge in [-0.15, -0.1) is 0 Å². The third-order valence-corrected chi connectivity index (χ3v) is 4.78. The Labute approximate surface area is 169 Å². The SMILES string of the molecule is CC(C)CCCNC(=O)N[C@@H]1[C@H](NC(=O)NCCCC(C)C)N(C)C(=O)N1C. The van der Waals surface area contributed by atoms with Gasteiger partial charge >= 0.3 is 18.1 Å². The van der Waals surface area contributed by atoms with Gasteiger partial charge in [0.25, 0.3) is 0 Å². The predicted octanol–water partition coefficient (Wildman–Crippen LogP) is 2.11. The monoisotopic (exact) mass is 398 g/mol. The van der Waals surface area contributed by atoms with Gasteiger partial charge in [-0.05, 0) is 37.5 Å². The predicted molar refractivity (Wildman–Crippen MR) is 110 cm³/mol. The molecule has 1 aliphatic rings. The van der Waals surface area contributed by atoms with Crippen LogP contribution in [0.15, 0.2) is 0 Å². The van der Waals surface area contributed by atoms with Crippen LogP contribution in [0.5, 0.6) is 0 Å². The highest BCUT2D eigenvalue weighted by atomic mass is 16.2. The Bertz CT molecular complexity index is 482. The zero-order valence-corrected chi connectivity index (χ0v) is 18.2. The molecular weight excluding hydrogens is 360 g/mol. The number of hydrogen-bond donors (Lipinski definition) is 4. The summed E-state index contributed by atoms with van der Waals surface area (Å²) in [6.07, 6.45) is 2.56. The molecule has 4 N–H and O–H groups in total. The number of urea groups is 3. The summed E-state index contributed by atoms with van der Waals surface area (Å²) in [5.41, 5.74) is 0. The number of likely N-dealkylation sites (N-methyl/N-ethyl adjacent to an activating group) is 2. The maximum absolute atomic E-state index is 12.3. The molecule has 1 rings (SSSR count). The van der Waals surface area contributed by atoms with Crippen molar-refractivity contribution in [1.29, 1.82) is 0 Å². The van der Waals surface area contributed by atoms with Crippen molar-refractivity contribution in [2.75, 3.05) is 27.2 Å². The molecule has 0 spiro atoms. The second-order valence-corrected chi connectivity index (χ2v) is 8.27. The number of carbonyl (C=O) groups excluding carboxylic acids is 3. The van der Waals surface area contributed by atoms with E-state index in [1.807, 2.05) is 0 Å². The van der Waals surface area contributed by atoms with Crippen molar-refractivity contribution in [2.24, 2.45) is 11.8 Å². The van der Waals surface area contributed by atoms with Crippen LogP contribution in [-0.2, 0) is 0 Å². The Hall–Kier alpha value is -2.19. The van der Waals surface area contributed by atoms with Gasteiger partial charge in [0.1, 0.15) is 12.3 Å². The lowest BCUT2D eigenvalue weighted by Crippen LogP contribution is -2.59. The minimum atomic E-state index is -0.649. The molecule has 0 aromatic rings. The van der Waals surface area contributed by atoms with Crippen LogP contribution in [0.1, 0.15) is 53.4 Å². The normalized spacial score (nSPS) is 19.4. The van der Waals surface area contributed by atoms with E-state index in [1.165, 1.54) is 9.80 Å². The fourth-order valence-electron chi connectivity index (χ4n) is 3.06. The highest BCUT2D eigenvalue weighted by Crippen LogP contribution is 2.16. The number of hydrogen-bond acceptors (Lipinski definition) is 3. The highest BCUT2D eigenvalue weighted by molar-refractivity contribution is 5.82. The summed E-state index contributed by atoms with van der Waals surface area (Å²) in [4.78, 5) is 39.5. The zero-order valence-electron chi connectivity index (χ0n) is 18.2. The fourth-order valence-corrected chi connectivity index (χ4v) is 3.06. The quantitative estimate of drug-likeness (QED) is 0.424. The molecule has 0 aromatic heterocycles. The topological polar surface area (TPSA) is 106 Å². The number of rotatable bonds is 10. The summed E-state index contributed by atoms with van der Waals surface area (Å²) in [6.45, 7) is 9.69. The average molecular weight is 399 g/mol. The van der Waals surface area contributed by atoms with Gasteiger partial charge in [-0.1, -0.05) is 27.7 Å². The standard InChI is InChI=1S/C19H38N6O3/c1-13(2)9-7-11-20-17(26)22-15-16(25(6)19(28)24(15)5)23-18(27)21-12-8-10-14(3)4/h13-16H,7-12H2,1-6H3,(H2,20,22,26)(H2,21,23,27)/t15-,16+. The molecule has 9 heteroatoms. The van der Waals surface area contributed by atoms with Gasteiger partial charge in [-0.25, -0.2) is 14.4 Å². The minimum Gasteiger partial charge on any atom is -0.338 e. The molecule has 0 radical (unpaired) electrons. The molecule has 2 atom stereocenters. The number of nitrogens with one attached hydrogen (secondary N) is 4. The molecule has 1 saturated heterocycles. The highest BCUT2D eigenvalue weighted by Gasteiger charge is 2.43. The van der Waals surface area contributed by atoms with Crippen LogP contribution in [0, 0.1) is 11.8 Å². The maximum atomic E-state index is 12.3. The lowest BCUT2D eigenvalue weighted by molar-refractivity contribution is 0.193. The van der Waals surface area contributed by atoms with Gasteiger partial charge < -0.3 is 31.1 Å². The molecular formula is C19H38N6O3. The van der Waals surface area contributed by atoms with Crippen molar-refractivity contribution in [3.05, 3.63) is 0 Å². The first-order valence-electron chi connectivity index (χ1n) is 10.2. The van der Waals surface area contributed by atoms with E-state index in [-0.39, 0.29) is 18.1 Å². The summed E-state index contributed by atoms with van der Waals surface area (Å²) in [6, 6.07) is -0.976.